The SMILES string of the molecule is Cn1nc(-c2nc(Cc3ccccc3)no2)c2c1CCN(C(=O)c1cc(F)ccc1F)C2. The number of hydrogen-bond donors (Lipinski definition) is 0. The van der Waals surface area contributed by atoms with E-state index in [1.807, 2.05) is 37.4 Å². The molecule has 162 valence electrons. The molecule has 0 saturated heterocycles. The second-order valence-electron chi connectivity index (χ2n) is 7.68. The van der Waals surface area contributed by atoms with Gasteiger partial charge in [0.15, 0.2) is 11.5 Å². The lowest BCUT2D eigenvalue weighted by Gasteiger charge is -2.27. The Kier molecular flexibility index (Phi) is 5.01. The Bertz CT molecular complexity index is 1300. The molecule has 4 aromatic rings. The van der Waals surface area contributed by atoms with Crippen LogP contribution in [0.4, 0.5) is 8.78 Å². The third kappa shape index (κ3) is 3.66. The summed E-state index contributed by atoms with van der Waals surface area (Å²) in [4.78, 5) is 18.8. The largest absolute Gasteiger partial charge is 0.334 e. The third-order valence-corrected chi connectivity index (χ3v) is 5.56. The third-order valence-electron chi connectivity index (χ3n) is 5.56. The molecule has 9 heteroatoms. The van der Waals surface area contributed by atoms with E-state index < -0.39 is 17.5 Å². The standard InChI is InChI=1S/C23H19F2N5O2/c1-29-19-9-10-30(23(31)16-12-15(24)7-8-18(16)25)13-17(19)21(27-29)22-26-20(28-32-22)11-14-5-3-2-4-6-14/h2-8,12H,9-11,13H2,1H3. The van der Waals surface area contributed by atoms with Crippen molar-refractivity contribution in [2.45, 2.75) is 19.4 Å². The van der Waals surface area contributed by atoms with Crippen LogP contribution in [-0.2, 0) is 26.4 Å². The van der Waals surface area contributed by atoms with Gasteiger partial charge >= 0.3 is 0 Å². The van der Waals surface area contributed by atoms with Gasteiger partial charge in [0.2, 0.25) is 0 Å². The minimum Gasteiger partial charge on any atom is -0.334 e. The lowest BCUT2D eigenvalue weighted by Crippen LogP contribution is -2.36. The Balaban J connectivity index is 1.43. The fourth-order valence-corrected chi connectivity index (χ4v) is 3.97. The highest BCUT2D eigenvalue weighted by atomic mass is 19.1. The van der Waals surface area contributed by atoms with Gasteiger partial charge in [-0.25, -0.2) is 8.78 Å². The van der Waals surface area contributed by atoms with Gasteiger partial charge < -0.3 is 9.42 Å². The zero-order valence-corrected chi connectivity index (χ0v) is 17.3. The van der Waals surface area contributed by atoms with Crippen molar-refractivity contribution in [1.82, 2.24) is 24.8 Å². The van der Waals surface area contributed by atoms with Gasteiger partial charge in [0.25, 0.3) is 11.8 Å². The highest BCUT2D eigenvalue weighted by molar-refractivity contribution is 5.94. The summed E-state index contributed by atoms with van der Waals surface area (Å²) in [5, 5.41) is 8.59. The molecule has 0 fully saturated rings. The molecule has 0 spiro atoms. The van der Waals surface area contributed by atoms with Crippen LogP contribution in [0.25, 0.3) is 11.6 Å². The van der Waals surface area contributed by atoms with E-state index >= 15 is 0 Å². The Morgan fingerprint density at radius 1 is 1.16 bits per heavy atom. The number of fused-ring (bicyclic) bond motifs is 1. The molecule has 3 heterocycles. The summed E-state index contributed by atoms with van der Waals surface area (Å²) < 4.78 is 34.9. The number of aryl methyl sites for hydroxylation is 1. The van der Waals surface area contributed by atoms with Crippen LogP contribution in [0.5, 0.6) is 0 Å². The normalized spacial score (nSPS) is 13.3. The summed E-state index contributed by atoms with van der Waals surface area (Å²) >= 11 is 0. The van der Waals surface area contributed by atoms with Gasteiger partial charge in [-0.3, -0.25) is 9.48 Å². The molecule has 0 N–H and O–H groups in total. The number of aromatic nitrogens is 4. The molecular weight excluding hydrogens is 416 g/mol. The maximum Gasteiger partial charge on any atom is 0.278 e. The minimum atomic E-state index is -0.754. The molecule has 0 unspecified atom stereocenters. The summed E-state index contributed by atoms with van der Waals surface area (Å²) in [6.45, 7) is 0.549. The topological polar surface area (TPSA) is 77.1 Å². The molecular formula is C23H19F2N5O2. The number of rotatable bonds is 4. The Hall–Kier alpha value is -3.88. The van der Waals surface area contributed by atoms with Crippen molar-refractivity contribution in [1.29, 1.82) is 0 Å². The van der Waals surface area contributed by atoms with Gasteiger partial charge in [-0.2, -0.15) is 10.1 Å². The fourth-order valence-electron chi connectivity index (χ4n) is 3.97. The number of carbonyl (C=O) groups is 1. The first-order chi connectivity index (χ1) is 15.5. The molecule has 2 aromatic carbocycles. The van der Waals surface area contributed by atoms with E-state index in [4.69, 9.17) is 4.52 Å². The van der Waals surface area contributed by atoms with Crippen molar-refractivity contribution in [3.8, 4) is 11.6 Å². The molecule has 0 atom stereocenters. The van der Waals surface area contributed by atoms with Crippen molar-refractivity contribution in [3.05, 3.63) is 88.4 Å². The second-order valence-corrected chi connectivity index (χ2v) is 7.68. The van der Waals surface area contributed by atoms with Crippen molar-refractivity contribution < 1.29 is 18.1 Å². The molecule has 0 radical (unpaired) electrons. The zero-order chi connectivity index (χ0) is 22.2. The number of hydrogen-bond acceptors (Lipinski definition) is 5. The minimum absolute atomic E-state index is 0.184. The van der Waals surface area contributed by atoms with Crippen molar-refractivity contribution in [3.63, 3.8) is 0 Å². The van der Waals surface area contributed by atoms with Crippen LogP contribution in [0.2, 0.25) is 0 Å². The number of nitrogens with zero attached hydrogens (tertiary/aromatic N) is 5. The summed E-state index contributed by atoms with van der Waals surface area (Å²) in [5.74, 6) is -1.20. The molecule has 7 nitrogen and oxygen atoms in total. The first-order valence-electron chi connectivity index (χ1n) is 10.2. The predicted octanol–water partition coefficient (Wildman–Crippen LogP) is 3.54. The van der Waals surface area contributed by atoms with E-state index in [2.05, 4.69) is 15.2 Å². The van der Waals surface area contributed by atoms with E-state index in [1.54, 1.807) is 4.68 Å². The van der Waals surface area contributed by atoms with Crippen molar-refractivity contribution in [2.75, 3.05) is 6.54 Å². The van der Waals surface area contributed by atoms with E-state index in [1.165, 1.54) is 4.90 Å². The lowest BCUT2D eigenvalue weighted by atomic mass is 10.0. The molecule has 32 heavy (non-hydrogen) atoms. The second kappa shape index (κ2) is 7.99. The van der Waals surface area contributed by atoms with E-state index in [-0.39, 0.29) is 18.0 Å². The number of benzene rings is 2. The fraction of sp³-hybridized carbons (Fsp3) is 0.217. The van der Waals surface area contributed by atoms with Crippen LogP contribution in [-0.4, -0.2) is 37.3 Å². The number of carbonyl (C=O) groups excluding carboxylic acids is 1. The highest BCUT2D eigenvalue weighted by Crippen LogP contribution is 2.30. The van der Waals surface area contributed by atoms with Crippen LogP contribution in [0.15, 0.2) is 53.1 Å². The Labute approximate surface area is 182 Å². The maximum atomic E-state index is 14.1. The van der Waals surface area contributed by atoms with E-state index in [0.29, 0.717) is 30.9 Å². The van der Waals surface area contributed by atoms with Crippen LogP contribution in [0.1, 0.15) is 33.0 Å². The number of amides is 1. The summed E-state index contributed by atoms with van der Waals surface area (Å²) in [6.07, 6.45) is 1.04. The number of halogens is 2. The first-order valence-corrected chi connectivity index (χ1v) is 10.2. The average Bonchev–Trinajstić information content (AvgIpc) is 3.39. The molecule has 1 amide bonds. The van der Waals surface area contributed by atoms with Crippen LogP contribution in [0.3, 0.4) is 0 Å². The van der Waals surface area contributed by atoms with Gasteiger partial charge in [0, 0.05) is 37.7 Å². The zero-order valence-electron chi connectivity index (χ0n) is 17.3. The smallest absolute Gasteiger partial charge is 0.278 e. The van der Waals surface area contributed by atoms with E-state index in [9.17, 15) is 13.6 Å². The molecule has 2 aromatic heterocycles. The lowest BCUT2D eigenvalue weighted by molar-refractivity contribution is 0.0728. The van der Waals surface area contributed by atoms with Crippen LogP contribution in [0, 0.1) is 11.6 Å². The van der Waals surface area contributed by atoms with Crippen LogP contribution >= 0.6 is 0 Å². The quantitative estimate of drug-likeness (QED) is 0.490. The first kappa shape index (κ1) is 20.0. The summed E-state index contributed by atoms with van der Waals surface area (Å²) in [7, 11) is 1.81. The summed E-state index contributed by atoms with van der Waals surface area (Å²) in [6, 6.07) is 12.7. The van der Waals surface area contributed by atoms with Gasteiger partial charge in [-0.15, -0.1) is 0 Å². The molecule has 1 aliphatic heterocycles. The van der Waals surface area contributed by atoms with Gasteiger partial charge in [0.05, 0.1) is 12.1 Å². The molecule has 0 aliphatic carbocycles. The molecule has 0 saturated carbocycles. The Morgan fingerprint density at radius 3 is 2.78 bits per heavy atom. The Morgan fingerprint density at radius 2 is 1.97 bits per heavy atom. The summed E-state index contributed by atoms with van der Waals surface area (Å²) in [5.41, 5.74) is 2.95. The van der Waals surface area contributed by atoms with Crippen molar-refractivity contribution >= 4 is 5.91 Å². The van der Waals surface area contributed by atoms with Gasteiger partial charge in [-0.05, 0) is 23.8 Å². The van der Waals surface area contributed by atoms with E-state index in [0.717, 1.165) is 35.0 Å². The monoisotopic (exact) mass is 435 g/mol. The van der Waals surface area contributed by atoms with Gasteiger partial charge in [-0.1, -0.05) is 35.5 Å². The van der Waals surface area contributed by atoms with Crippen molar-refractivity contribution in [2.24, 2.45) is 7.05 Å². The van der Waals surface area contributed by atoms with Crippen LogP contribution < -0.4 is 0 Å². The average molecular weight is 435 g/mol. The molecule has 0 bridgehead atoms. The molecule has 1 aliphatic rings. The molecule has 5 rings (SSSR count). The highest BCUT2D eigenvalue weighted by Gasteiger charge is 2.30. The maximum absolute atomic E-state index is 14.1. The predicted molar refractivity (Wildman–Crippen MR) is 111 cm³/mol. The van der Waals surface area contributed by atoms with Gasteiger partial charge in [0.1, 0.15) is 11.6 Å².